The second-order valence-corrected chi connectivity index (χ2v) is 7.79. The van der Waals surface area contributed by atoms with Gasteiger partial charge in [0.2, 0.25) is 0 Å². The zero-order chi connectivity index (χ0) is 20.4. The average Bonchev–Trinajstić information content (AvgIpc) is 3.16. The van der Waals surface area contributed by atoms with E-state index in [0.717, 1.165) is 51.0 Å². The van der Waals surface area contributed by atoms with E-state index in [0.29, 0.717) is 5.92 Å². The molecular formula is C25H26N2O2. The summed E-state index contributed by atoms with van der Waals surface area (Å²) in [5.74, 6) is 1.27. The van der Waals surface area contributed by atoms with E-state index in [1.807, 2.05) is 42.7 Å². The van der Waals surface area contributed by atoms with Crippen molar-refractivity contribution >= 4 is 11.0 Å². The Labute approximate surface area is 171 Å². The monoisotopic (exact) mass is 386 g/mol. The summed E-state index contributed by atoms with van der Waals surface area (Å²) in [5.41, 5.74) is 5.93. The van der Waals surface area contributed by atoms with Crippen molar-refractivity contribution in [1.82, 2.24) is 9.97 Å². The van der Waals surface area contributed by atoms with Gasteiger partial charge >= 0.3 is 0 Å². The molecule has 1 atom stereocenters. The lowest BCUT2D eigenvalue weighted by Crippen LogP contribution is -2.01. The van der Waals surface area contributed by atoms with Gasteiger partial charge in [0.25, 0.3) is 0 Å². The molecule has 2 aromatic heterocycles. The van der Waals surface area contributed by atoms with E-state index in [1.165, 1.54) is 0 Å². The second kappa shape index (κ2) is 8.10. The Balaban J connectivity index is 1.77. The first kappa shape index (κ1) is 19.2. The largest absolute Gasteiger partial charge is 0.496 e. The van der Waals surface area contributed by atoms with Gasteiger partial charge in [-0.1, -0.05) is 50.2 Å². The molecule has 0 fully saturated rings. The summed E-state index contributed by atoms with van der Waals surface area (Å²) in [6.07, 6.45) is 4.14. The Morgan fingerprint density at radius 1 is 1.00 bits per heavy atom. The molecule has 29 heavy (non-hydrogen) atoms. The second-order valence-electron chi connectivity index (χ2n) is 7.79. The molecule has 0 radical (unpaired) electrons. The van der Waals surface area contributed by atoms with Gasteiger partial charge in [-0.15, -0.1) is 0 Å². The van der Waals surface area contributed by atoms with Crippen LogP contribution in [0.15, 0.2) is 67.0 Å². The van der Waals surface area contributed by atoms with Crippen LogP contribution in [0, 0.1) is 5.92 Å². The highest BCUT2D eigenvalue weighted by atomic mass is 16.5. The summed E-state index contributed by atoms with van der Waals surface area (Å²) in [5, 5.41) is 11.6. The maximum absolute atomic E-state index is 10.5. The SMILES string of the molecule is COc1ccccc1-c1c[nH]c2ncc(-c3cccc(C(O)CC(C)C)c3)cc12. The fourth-order valence-corrected chi connectivity index (χ4v) is 3.76. The summed E-state index contributed by atoms with van der Waals surface area (Å²) < 4.78 is 5.54. The number of aromatic nitrogens is 2. The van der Waals surface area contributed by atoms with Crippen molar-refractivity contribution in [1.29, 1.82) is 0 Å². The minimum atomic E-state index is -0.456. The fourth-order valence-electron chi connectivity index (χ4n) is 3.76. The average molecular weight is 386 g/mol. The molecule has 4 heteroatoms. The molecule has 0 bridgehead atoms. The minimum absolute atomic E-state index is 0.440. The summed E-state index contributed by atoms with van der Waals surface area (Å²) in [4.78, 5) is 7.88. The van der Waals surface area contributed by atoms with Gasteiger partial charge in [-0.3, -0.25) is 0 Å². The number of H-pyrrole nitrogens is 1. The minimum Gasteiger partial charge on any atom is -0.496 e. The van der Waals surface area contributed by atoms with Crippen LogP contribution in [0.2, 0.25) is 0 Å². The van der Waals surface area contributed by atoms with Crippen molar-refractivity contribution < 1.29 is 9.84 Å². The molecule has 0 aliphatic rings. The number of aromatic amines is 1. The molecule has 0 amide bonds. The quantitative estimate of drug-likeness (QED) is 0.428. The molecule has 2 N–H and O–H groups in total. The molecule has 0 aliphatic carbocycles. The predicted molar refractivity (Wildman–Crippen MR) is 118 cm³/mol. The summed E-state index contributed by atoms with van der Waals surface area (Å²) in [6.45, 7) is 4.24. The highest BCUT2D eigenvalue weighted by Gasteiger charge is 2.14. The topological polar surface area (TPSA) is 58.1 Å². The highest BCUT2D eigenvalue weighted by molar-refractivity contribution is 5.97. The smallest absolute Gasteiger partial charge is 0.137 e. The fraction of sp³-hybridized carbons (Fsp3) is 0.240. The van der Waals surface area contributed by atoms with Crippen molar-refractivity contribution in [2.75, 3.05) is 7.11 Å². The number of hydrogen-bond acceptors (Lipinski definition) is 3. The number of nitrogens with one attached hydrogen (secondary N) is 1. The lowest BCUT2D eigenvalue weighted by molar-refractivity contribution is 0.151. The van der Waals surface area contributed by atoms with E-state index in [9.17, 15) is 5.11 Å². The van der Waals surface area contributed by atoms with Crippen LogP contribution in [0.25, 0.3) is 33.3 Å². The Kier molecular flexibility index (Phi) is 5.36. The number of benzene rings is 2. The van der Waals surface area contributed by atoms with E-state index in [-0.39, 0.29) is 0 Å². The summed E-state index contributed by atoms with van der Waals surface area (Å²) >= 11 is 0. The number of hydrogen-bond donors (Lipinski definition) is 2. The van der Waals surface area contributed by atoms with Gasteiger partial charge in [0, 0.05) is 34.5 Å². The zero-order valence-electron chi connectivity index (χ0n) is 17.0. The summed E-state index contributed by atoms with van der Waals surface area (Å²) in [7, 11) is 1.69. The van der Waals surface area contributed by atoms with Gasteiger partial charge in [-0.2, -0.15) is 0 Å². The number of nitrogens with zero attached hydrogens (tertiary/aromatic N) is 1. The van der Waals surface area contributed by atoms with Crippen LogP contribution in [0.4, 0.5) is 0 Å². The summed E-state index contributed by atoms with van der Waals surface area (Å²) in [6, 6.07) is 18.2. The van der Waals surface area contributed by atoms with Crippen molar-refractivity contribution in [3.63, 3.8) is 0 Å². The Morgan fingerprint density at radius 2 is 1.83 bits per heavy atom. The van der Waals surface area contributed by atoms with Crippen LogP contribution in [-0.2, 0) is 0 Å². The number of rotatable bonds is 6. The van der Waals surface area contributed by atoms with E-state index < -0.39 is 6.10 Å². The molecular weight excluding hydrogens is 360 g/mol. The van der Waals surface area contributed by atoms with Gasteiger partial charge in [-0.05, 0) is 41.7 Å². The van der Waals surface area contributed by atoms with E-state index in [1.54, 1.807) is 7.11 Å². The van der Waals surface area contributed by atoms with Gasteiger partial charge < -0.3 is 14.8 Å². The van der Waals surface area contributed by atoms with Gasteiger partial charge in [-0.25, -0.2) is 4.98 Å². The molecule has 0 saturated carbocycles. The number of ether oxygens (including phenoxy) is 1. The number of aliphatic hydroxyl groups excluding tert-OH is 1. The van der Waals surface area contributed by atoms with Crippen LogP contribution < -0.4 is 4.74 Å². The Morgan fingerprint density at radius 3 is 2.62 bits per heavy atom. The van der Waals surface area contributed by atoms with Crippen LogP contribution in [0.5, 0.6) is 5.75 Å². The third kappa shape index (κ3) is 3.89. The van der Waals surface area contributed by atoms with Gasteiger partial charge in [0.05, 0.1) is 13.2 Å². The molecule has 0 aliphatic heterocycles. The number of aliphatic hydroxyl groups is 1. The Bertz CT molecular complexity index is 1130. The molecule has 4 aromatic rings. The first-order valence-corrected chi connectivity index (χ1v) is 9.95. The van der Waals surface area contributed by atoms with Gasteiger partial charge in [0.15, 0.2) is 0 Å². The van der Waals surface area contributed by atoms with Crippen LogP contribution in [0.3, 0.4) is 0 Å². The number of para-hydroxylation sites is 1. The lowest BCUT2D eigenvalue weighted by Gasteiger charge is -2.14. The maximum atomic E-state index is 10.5. The molecule has 148 valence electrons. The first-order valence-electron chi connectivity index (χ1n) is 9.95. The predicted octanol–water partition coefficient (Wildman–Crippen LogP) is 5.99. The first-order chi connectivity index (χ1) is 14.1. The van der Waals surface area contributed by atoms with Crippen molar-refractivity contribution in [3.05, 3.63) is 72.6 Å². The Hall–Kier alpha value is -3.11. The third-order valence-electron chi connectivity index (χ3n) is 5.23. The van der Waals surface area contributed by atoms with E-state index in [2.05, 4.69) is 48.1 Å². The number of fused-ring (bicyclic) bond motifs is 1. The van der Waals surface area contributed by atoms with Crippen molar-refractivity contribution in [2.24, 2.45) is 5.92 Å². The molecule has 2 heterocycles. The zero-order valence-corrected chi connectivity index (χ0v) is 17.0. The van der Waals surface area contributed by atoms with Crippen LogP contribution >= 0.6 is 0 Å². The number of methoxy groups -OCH3 is 1. The third-order valence-corrected chi connectivity index (χ3v) is 5.23. The van der Waals surface area contributed by atoms with E-state index >= 15 is 0 Å². The van der Waals surface area contributed by atoms with Crippen molar-refractivity contribution in [3.8, 4) is 28.0 Å². The van der Waals surface area contributed by atoms with Crippen LogP contribution in [-0.4, -0.2) is 22.2 Å². The lowest BCUT2D eigenvalue weighted by atomic mass is 9.96. The molecule has 0 saturated heterocycles. The molecule has 1 unspecified atom stereocenters. The maximum Gasteiger partial charge on any atom is 0.137 e. The van der Waals surface area contributed by atoms with E-state index in [4.69, 9.17) is 4.74 Å². The number of pyridine rings is 1. The van der Waals surface area contributed by atoms with Gasteiger partial charge in [0.1, 0.15) is 11.4 Å². The van der Waals surface area contributed by atoms with Crippen molar-refractivity contribution in [2.45, 2.75) is 26.4 Å². The standard InChI is InChI=1S/C25H26N2O2/c1-16(2)11-23(28)18-8-6-7-17(12-18)19-13-21-22(15-27-25(21)26-14-19)20-9-4-5-10-24(20)29-3/h4-10,12-16,23,28H,11H2,1-3H3,(H,26,27). The highest BCUT2D eigenvalue weighted by Crippen LogP contribution is 2.36. The molecule has 0 spiro atoms. The molecule has 4 rings (SSSR count). The van der Waals surface area contributed by atoms with Crippen LogP contribution in [0.1, 0.15) is 31.9 Å². The normalized spacial score (nSPS) is 12.4. The molecule has 2 aromatic carbocycles. The molecule has 4 nitrogen and oxygen atoms in total.